The Morgan fingerprint density at radius 1 is 1.35 bits per heavy atom. The number of sulfonamides is 1. The Hall–Kier alpha value is -1.17. The highest BCUT2D eigenvalue weighted by molar-refractivity contribution is 7.88. The third kappa shape index (κ3) is 4.74. The molecule has 1 rings (SSSR count). The second-order valence-electron chi connectivity index (χ2n) is 5.06. The molecule has 0 saturated carbocycles. The summed E-state index contributed by atoms with van der Waals surface area (Å²) in [5, 5.41) is 3.06. The lowest BCUT2D eigenvalue weighted by Crippen LogP contribution is -2.37. The van der Waals surface area contributed by atoms with Crippen molar-refractivity contribution in [3.05, 3.63) is 48.0 Å². The molecule has 0 spiro atoms. The molecule has 0 fully saturated rings. The van der Waals surface area contributed by atoms with Crippen molar-refractivity contribution in [2.24, 2.45) is 0 Å². The van der Waals surface area contributed by atoms with Crippen LogP contribution in [0.4, 0.5) is 0 Å². The summed E-state index contributed by atoms with van der Waals surface area (Å²) in [7, 11) is -1.46. The molecule has 0 aromatic heterocycles. The lowest BCUT2D eigenvalue weighted by molar-refractivity contribution is 0.382. The van der Waals surface area contributed by atoms with Crippen molar-refractivity contribution in [3.8, 4) is 0 Å². The Labute approximate surface area is 122 Å². The van der Waals surface area contributed by atoms with Gasteiger partial charge in [-0.3, -0.25) is 0 Å². The van der Waals surface area contributed by atoms with E-state index in [0.29, 0.717) is 6.54 Å². The van der Waals surface area contributed by atoms with Crippen molar-refractivity contribution in [2.45, 2.75) is 32.2 Å². The van der Waals surface area contributed by atoms with Crippen LogP contribution in [0.15, 0.2) is 36.9 Å². The Bertz CT molecular complexity index is 539. The van der Waals surface area contributed by atoms with Gasteiger partial charge in [0, 0.05) is 19.1 Å². The molecule has 0 aliphatic carbocycles. The molecule has 0 unspecified atom stereocenters. The lowest BCUT2D eigenvalue weighted by atomic mass is 10.1. The summed E-state index contributed by atoms with van der Waals surface area (Å²) >= 11 is 0. The van der Waals surface area contributed by atoms with Gasteiger partial charge in [0.25, 0.3) is 0 Å². The molecular weight excluding hydrogens is 272 g/mol. The zero-order chi connectivity index (χ0) is 15.2. The predicted octanol–water partition coefficient (Wildman–Crippen LogP) is 2.13. The number of nitrogens with one attached hydrogen (secondary N) is 1. The minimum Gasteiger partial charge on any atom is -0.316 e. The van der Waals surface area contributed by atoms with Crippen LogP contribution in [0.2, 0.25) is 0 Å². The van der Waals surface area contributed by atoms with Crippen LogP contribution in [0.5, 0.6) is 0 Å². The van der Waals surface area contributed by atoms with E-state index in [2.05, 4.69) is 11.9 Å². The monoisotopic (exact) mass is 296 g/mol. The lowest BCUT2D eigenvalue weighted by Gasteiger charge is -2.24. The van der Waals surface area contributed by atoms with Crippen LogP contribution in [0.1, 0.15) is 25.0 Å². The summed E-state index contributed by atoms with van der Waals surface area (Å²) in [6.07, 6.45) is 1.62. The Balaban J connectivity index is 2.94. The summed E-state index contributed by atoms with van der Waals surface area (Å²) in [4.78, 5) is 0. The van der Waals surface area contributed by atoms with Gasteiger partial charge in [-0.15, -0.1) is 6.58 Å². The third-order valence-corrected chi connectivity index (χ3v) is 4.95. The summed E-state index contributed by atoms with van der Waals surface area (Å²) in [5.41, 5.74) is 1.90. The van der Waals surface area contributed by atoms with Crippen LogP contribution in [0.3, 0.4) is 0 Å². The van der Waals surface area contributed by atoms with Crippen molar-refractivity contribution in [3.63, 3.8) is 0 Å². The van der Waals surface area contributed by atoms with E-state index < -0.39 is 10.0 Å². The summed E-state index contributed by atoms with van der Waals surface area (Å²) in [5.74, 6) is 0.0244. The fourth-order valence-corrected chi connectivity index (χ4v) is 3.84. The average Bonchev–Trinajstić information content (AvgIpc) is 2.35. The molecule has 0 radical (unpaired) electrons. The molecule has 1 aromatic rings. The van der Waals surface area contributed by atoms with Gasteiger partial charge in [0.05, 0.1) is 5.75 Å². The van der Waals surface area contributed by atoms with Gasteiger partial charge in [-0.2, -0.15) is 4.31 Å². The fourth-order valence-electron chi connectivity index (χ4n) is 2.10. The van der Waals surface area contributed by atoms with Gasteiger partial charge in [0.2, 0.25) is 10.0 Å². The Morgan fingerprint density at radius 3 is 2.55 bits per heavy atom. The van der Waals surface area contributed by atoms with Crippen molar-refractivity contribution in [1.82, 2.24) is 9.62 Å². The SMILES string of the molecule is C=CCN(C(C)C)S(=O)(=O)Cc1cccc(CNC)c1. The highest BCUT2D eigenvalue weighted by atomic mass is 32.2. The van der Waals surface area contributed by atoms with Crippen LogP contribution < -0.4 is 5.32 Å². The molecule has 0 bridgehead atoms. The van der Waals surface area contributed by atoms with Crippen LogP contribution in [-0.2, 0) is 22.3 Å². The quantitative estimate of drug-likeness (QED) is 0.748. The molecule has 0 saturated heterocycles. The van der Waals surface area contributed by atoms with Crippen molar-refractivity contribution in [2.75, 3.05) is 13.6 Å². The minimum atomic E-state index is -3.33. The topological polar surface area (TPSA) is 49.4 Å². The van der Waals surface area contributed by atoms with Gasteiger partial charge in [-0.05, 0) is 32.0 Å². The second-order valence-corrected chi connectivity index (χ2v) is 6.98. The number of rotatable bonds is 8. The molecule has 5 heteroatoms. The normalized spacial score (nSPS) is 12.1. The molecule has 0 aliphatic rings. The molecule has 1 N–H and O–H groups in total. The second kappa shape index (κ2) is 7.57. The standard InChI is InChI=1S/C15H24N2O2S/c1-5-9-17(13(2)3)20(18,19)12-15-8-6-7-14(10-15)11-16-4/h5-8,10,13,16H,1,9,11-12H2,2-4H3. The molecule has 0 atom stereocenters. The van der Waals surface area contributed by atoms with Gasteiger partial charge in [-0.1, -0.05) is 30.3 Å². The molecule has 0 aliphatic heterocycles. The Morgan fingerprint density at radius 2 is 2.00 bits per heavy atom. The summed E-state index contributed by atoms with van der Waals surface area (Å²) < 4.78 is 26.4. The summed E-state index contributed by atoms with van der Waals surface area (Å²) in [6.45, 7) is 8.45. The molecule has 0 heterocycles. The number of benzene rings is 1. The van der Waals surface area contributed by atoms with E-state index in [1.165, 1.54) is 4.31 Å². The van der Waals surface area contributed by atoms with E-state index in [9.17, 15) is 8.42 Å². The molecule has 112 valence electrons. The van der Waals surface area contributed by atoms with E-state index >= 15 is 0 Å². The molecule has 1 aromatic carbocycles. The first kappa shape index (κ1) is 16.9. The highest BCUT2D eigenvalue weighted by Crippen LogP contribution is 2.15. The predicted molar refractivity (Wildman–Crippen MR) is 83.9 cm³/mol. The van der Waals surface area contributed by atoms with Gasteiger partial charge in [0.1, 0.15) is 0 Å². The molecule has 0 amide bonds. The van der Waals surface area contributed by atoms with E-state index in [1.807, 2.05) is 45.2 Å². The maximum atomic E-state index is 12.5. The highest BCUT2D eigenvalue weighted by Gasteiger charge is 2.24. The number of hydrogen-bond acceptors (Lipinski definition) is 3. The van der Waals surface area contributed by atoms with Crippen LogP contribution in [0.25, 0.3) is 0 Å². The summed E-state index contributed by atoms with van der Waals surface area (Å²) in [6, 6.07) is 7.59. The van der Waals surface area contributed by atoms with Crippen molar-refractivity contribution in [1.29, 1.82) is 0 Å². The largest absolute Gasteiger partial charge is 0.316 e. The zero-order valence-corrected chi connectivity index (χ0v) is 13.3. The van der Waals surface area contributed by atoms with Gasteiger partial charge >= 0.3 is 0 Å². The van der Waals surface area contributed by atoms with Crippen molar-refractivity contribution < 1.29 is 8.42 Å². The molecular formula is C15H24N2O2S. The van der Waals surface area contributed by atoms with Crippen LogP contribution in [-0.4, -0.2) is 32.4 Å². The van der Waals surface area contributed by atoms with Gasteiger partial charge < -0.3 is 5.32 Å². The van der Waals surface area contributed by atoms with Crippen LogP contribution >= 0.6 is 0 Å². The van der Waals surface area contributed by atoms with Gasteiger partial charge in [-0.25, -0.2) is 8.42 Å². The maximum Gasteiger partial charge on any atom is 0.218 e. The number of nitrogens with zero attached hydrogens (tertiary/aromatic N) is 1. The fraction of sp³-hybridized carbons (Fsp3) is 0.467. The van der Waals surface area contributed by atoms with E-state index in [0.717, 1.165) is 17.7 Å². The first-order valence-corrected chi connectivity index (χ1v) is 8.34. The first-order chi connectivity index (χ1) is 9.40. The maximum absolute atomic E-state index is 12.5. The zero-order valence-electron chi connectivity index (χ0n) is 12.5. The number of hydrogen-bond donors (Lipinski definition) is 1. The molecule has 20 heavy (non-hydrogen) atoms. The first-order valence-electron chi connectivity index (χ1n) is 6.73. The van der Waals surface area contributed by atoms with E-state index in [4.69, 9.17) is 0 Å². The van der Waals surface area contributed by atoms with Gasteiger partial charge in [0.15, 0.2) is 0 Å². The molecule has 4 nitrogen and oxygen atoms in total. The average molecular weight is 296 g/mol. The third-order valence-electron chi connectivity index (χ3n) is 2.96. The van der Waals surface area contributed by atoms with E-state index in [-0.39, 0.29) is 11.8 Å². The minimum absolute atomic E-state index is 0.0244. The van der Waals surface area contributed by atoms with Crippen LogP contribution in [0, 0.1) is 0 Å². The smallest absolute Gasteiger partial charge is 0.218 e. The van der Waals surface area contributed by atoms with Crippen molar-refractivity contribution >= 4 is 10.0 Å². The Kier molecular flexibility index (Phi) is 6.39. The van der Waals surface area contributed by atoms with E-state index in [1.54, 1.807) is 6.08 Å².